The molecular weight excluding hydrogens is 310 g/mol. The van der Waals surface area contributed by atoms with Crippen molar-refractivity contribution in [3.8, 4) is 0 Å². The van der Waals surface area contributed by atoms with Crippen molar-refractivity contribution in [2.45, 2.75) is 12.6 Å². The first-order valence-corrected chi connectivity index (χ1v) is 8.29. The summed E-state index contributed by atoms with van der Waals surface area (Å²) in [5.41, 5.74) is 1.18. The van der Waals surface area contributed by atoms with Gasteiger partial charge in [0.2, 0.25) is 0 Å². The maximum atomic E-state index is 6.07. The van der Waals surface area contributed by atoms with Gasteiger partial charge in [0, 0.05) is 35.1 Å². The van der Waals surface area contributed by atoms with Crippen molar-refractivity contribution in [1.29, 1.82) is 0 Å². The van der Waals surface area contributed by atoms with Gasteiger partial charge >= 0.3 is 0 Å². The molecule has 0 aliphatic heterocycles. The van der Waals surface area contributed by atoms with E-state index < -0.39 is 0 Å². The molecule has 0 aliphatic rings. The maximum absolute atomic E-state index is 6.07. The van der Waals surface area contributed by atoms with Gasteiger partial charge in [-0.3, -0.25) is 4.68 Å². The van der Waals surface area contributed by atoms with Gasteiger partial charge in [-0.25, -0.2) is 0 Å². The van der Waals surface area contributed by atoms with Crippen LogP contribution in [0.15, 0.2) is 42.0 Å². The van der Waals surface area contributed by atoms with Gasteiger partial charge in [0.25, 0.3) is 0 Å². The molecule has 0 radical (unpaired) electrons. The van der Waals surface area contributed by atoms with Crippen molar-refractivity contribution in [3.05, 3.63) is 61.7 Å². The minimum Gasteiger partial charge on any atom is -0.301 e. The number of hydrogen-bond donors (Lipinski definition) is 1. The number of halogens is 1. The van der Waals surface area contributed by atoms with Gasteiger partial charge in [-0.05, 0) is 23.6 Å². The second-order valence-electron chi connectivity index (χ2n) is 4.49. The van der Waals surface area contributed by atoms with Crippen molar-refractivity contribution in [3.63, 3.8) is 0 Å². The monoisotopic (exact) mass is 323 g/mol. The largest absolute Gasteiger partial charge is 0.301 e. The molecule has 0 saturated heterocycles. The van der Waals surface area contributed by atoms with Crippen LogP contribution in [0.5, 0.6) is 0 Å². The predicted molar refractivity (Wildman–Crippen MR) is 85.5 cm³/mol. The second-order valence-corrected chi connectivity index (χ2v) is 7.22. The Balaban J connectivity index is 1.79. The molecule has 1 unspecified atom stereocenters. The van der Waals surface area contributed by atoms with Crippen LogP contribution in [0.1, 0.15) is 21.4 Å². The lowest BCUT2D eigenvalue weighted by Gasteiger charge is -2.15. The lowest BCUT2D eigenvalue weighted by molar-refractivity contribution is 0.621. The van der Waals surface area contributed by atoms with Crippen LogP contribution in [-0.4, -0.2) is 9.78 Å². The molecule has 104 valence electrons. The summed E-state index contributed by atoms with van der Waals surface area (Å²) in [5, 5.41) is 9.89. The topological polar surface area (TPSA) is 29.9 Å². The standard InChI is InChI=1S/C14H14ClN3S2/c1-18-9-10(8-17-18)7-16-14(11-3-2-6-19-11)12-4-5-13(15)20-12/h2-6,8-9,14,16H,7H2,1H3. The number of nitrogens with one attached hydrogen (secondary N) is 1. The van der Waals surface area contributed by atoms with Crippen LogP contribution in [0.3, 0.4) is 0 Å². The summed E-state index contributed by atoms with van der Waals surface area (Å²) in [6, 6.07) is 8.46. The van der Waals surface area contributed by atoms with Gasteiger partial charge in [-0.1, -0.05) is 17.7 Å². The summed E-state index contributed by atoms with van der Waals surface area (Å²) >= 11 is 9.45. The highest BCUT2D eigenvalue weighted by Gasteiger charge is 2.17. The molecule has 3 aromatic heterocycles. The molecule has 0 aliphatic carbocycles. The fourth-order valence-corrected chi connectivity index (χ4v) is 4.11. The molecule has 0 spiro atoms. The van der Waals surface area contributed by atoms with Gasteiger partial charge in [0.1, 0.15) is 0 Å². The van der Waals surface area contributed by atoms with Crippen LogP contribution in [-0.2, 0) is 13.6 Å². The average Bonchev–Trinajstić information content (AvgIpc) is 3.13. The predicted octanol–water partition coefficient (Wildman–Crippen LogP) is 4.08. The average molecular weight is 324 g/mol. The van der Waals surface area contributed by atoms with Crippen LogP contribution in [0, 0.1) is 0 Å². The van der Waals surface area contributed by atoms with Crippen LogP contribution in [0.25, 0.3) is 0 Å². The molecule has 20 heavy (non-hydrogen) atoms. The van der Waals surface area contributed by atoms with Crippen molar-refractivity contribution < 1.29 is 0 Å². The van der Waals surface area contributed by atoms with Gasteiger partial charge in [0.05, 0.1) is 16.6 Å². The summed E-state index contributed by atoms with van der Waals surface area (Å²) in [4.78, 5) is 2.54. The Bertz CT molecular complexity index is 672. The molecule has 0 aromatic carbocycles. The third-order valence-corrected chi connectivity index (χ3v) is 5.21. The lowest BCUT2D eigenvalue weighted by Crippen LogP contribution is -2.20. The van der Waals surface area contributed by atoms with Crippen LogP contribution in [0.2, 0.25) is 4.34 Å². The first-order chi connectivity index (χ1) is 9.72. The van der Waals surface area contributed by atoms with E-state index in [1.165, 1.54) is 15.3 Å². The molecule has 0 saturated carbocycles. The number of aromatic nitrogens is 2. The highest BCUT2D eigenvalue weighted by atomic mass is 35.5. The third kappa shape index (κ3) is 3.12. The zero-order chi connectivity index (χ0) is 13.9. The Kier molecular flexibility index (Phi) is 4.21. The van der Waals surface area contributed by atoms with Crippen molar-refractivity contribution in [2.75, 3.05) is 0 Å². The molecular formula is C14H14ClN3S2. The first kappa shape index (κ1) is 13.8. The Morgan fingerprint density at radius 3 is 2.85 bits per heavy atom. The van der Waals surface area contributed by atoms with E-state index in [4.69, 9.17) is 11.6 Å². The highest BCUT2D eigenvalue weighted by molar-refractivity contribution is 7.16. The lowest BCUT2D eigenvalue weighted by atomic mass is 10.2. The van der Waals surface area contributed by atoms with Crippen molar-refractivity contribution in [2.24, 2.45) is 7.05 Å². The summed E-state index contributed by atoms with van der Waals surface area (Å²) in [6.45, 7) is 0.784. The molecule has 0 amide bonds. The summed E-state index contributed by atoms with van der Waals surface area (Å²) in [7, 11) is 1.93. The van der Waals surface area contributed by atoms with Crippen LogP contribution >= 0.6 is 34.3 Å². The first-order valence-electron chi connectivity index (χ1n) is 6.22. The molecule has 6 heteroatoms. The summed E-state index contributed by atoms with van der Waals surface area (Å²) < 4.78 is 2.64. The Morgan fingerprint density at radius 1 is 1.35 bits per heavy atom. The van der Waals surface area contributed by atoms with E-state index in [0.717, 1.165) is 10.9 Å². The maximum Gasteiger partial charge on any atom is 0.0931 e. The minimum atomic E-state index is 0.188. The van der Waals surface area contributed by atoms with Crippen molar-refractivity contribution >= 4 is 34.3 Å². The number of aryl methyl sites for hydroxylation is 1. The highest BCUT2D eigenvalue weighted by Crippen LogP contribution is 2.33. The van der Waals surface area contributed by atoms with E-state index in [2.05, 4.69) is 34.0 Å². The van der Waals surface area contributed by atoms with Gasteiger partial charge < -0.3 is 5.32 Å². The molecule has 3 aromatic rings. The summed E-state index contributed by atoms with van der Waals surface area (Å²) in [6.07, 6.45) is 3.92. The normalized spacial score (nSPS) is 12.7. The van der Waals surface area contributed by atoms with Gasteiger partial charge in [-0.15, -0.1) is 22.7 Å². The van der Waals surface area contributed by atoms with E-state index in [0.29, 0.717) is 0 Å². The SMILES string of the molecule is Cn1cc(CNC(c2cccs2)c2ccc(Cl)s2)cn1. The van der Waals surface area contributed by atoms with Crippen LogP contribution in [0.4, 0.5) is 0 Å². The molecule has 0 fully saturated rings. The van der Waals surface area contributed by atoms with Gasteiger partial charge in [0.15, 0.2) is 0 Å². The molecule has 0 bridgehead atoms. The molecule has 3 rings (SSSR count). The van der Waals surface area contributed by atoms with Crippen LogP contribution < -0.4 is 5.32 Å². The summed E-state index contributed by atoms with van der Waals surface area (Å²) in [5.74, 6) is 0. The second kappa shape index (κ2) is 6.10. The Morgan fingerprint density at radius 2 is 2.25 bits per heavy atom. The van der Waals surface area contributed by atoms with E-state index in [1.54, 1.807) is 22.7 Å². The van der Waals surface area contributed by atoms with E-state index in [-0.39, 0.29) is 6.04 Å². The number of rotatable bonds is 5. The Labute approximate surface area is 130 Å². The molecule has 1 N–H and O–H groups in total. The molecule has 1 atom stereocenters. The van der Waals surface area contributed by atoms with Crippen molar-refractivity contribution in [1.82, 2.24) is 15.1 Å². The fourth-order valence-electron chi connectivity index (χ4n) is 2.06. The smallest absolute Gasteiger partial charge is 0.0931 e. The van der Waals surface area contributed by atoms with E-state index in [1.807, 2.05) is 30.2 Å². The van der Waals surface area contributed by atoms with E-state index >= 15 is 0 Å². The molecule has 3 nitrogen and oxygen atoms in total. The minimum absolute atomic E-state index is 0.188. The van der Waals surface area contributed by atoms with E-state index in [9.17, 15) is 0 Å². The zero-order valence-corrected chi connectivity index (χ0v) is 13.3. The Hall–Kier alpha value is -1.14. The molecule has 3 heterocycles. The third-order valence-electron chi connectivity index (χ3n) is 2.97. The zero-order valence-electron chi connectivity index (χ0n) is 10.9. The number of thiophene rings is 2. The number of nitrogens with zero attached hydrogens (tertiary/aromatic N) is 2. The van der Waals surface area contributed by atoms with Gasteiger partial charge in [-0.2, -0.15) is 5.10 Å². The number of hydrogen-bond acceptors (Lipinski definition) is 4. The fraction of sp³-hybridized carbons (Fsp3) is 0.214. The quantitative estimate of drug-likeness (QED) is 0.767.